The fourth-order valence-corrected chi connectivity index (χ4v) is 2.35. The molecule has 0 spiro atoms. The number of amides is 2. The Morgan fingerprint density at radius 3 is 2.44 bits per heavy atom. The van der Waals surface area contributed by atoms with E-state index in [1.54, 1.807) is 6.08 Å². The Bertz CT molecular complexity index is 507. The largest absolute Gasteiger partial charge is 0.494 e. The molecular weight excluding hydrogens is 250 g/mol. The summed E-state index contributed by atoms with van der Waals surface area (Å²) in [6, 6.07) is 7.39. The standard InChI is InChI=1S/C13H13NO3S/c1-3-17-10-6-4-9(5-7-10)8-11-12(15)14(2)13(16)18-11/h4-8H,3H2,1-2H3/b11-8+. The van der Waals surface area contributed by atoms with Gasteiger partial charge < -0.3 is 4.74 Å². The number of carbonyl (C=O) groups excluding carboxylic acids is 2. The molecule has 0 saturated carbocycles. The number of hydrogen-bond donors (Lipinski definition) is 0. The summed E-state index contributed by atoms with van der Waals surface area (Å²) in [5.41, 5.74) is 0.873. The van der Waals surface area contributed by atoms with Gasteiger partial charge in [-0.05, 0) is 42.5 Å². The van der Waals surface area contributed by atoms with Crippen molar-refractivity contribution in [2.45, 2.75) is 6.92 Å². The predicted molar refractivity (Wildman–Crippen MR) is 71.3 cm³/mol. The van der Waals surface area contributed by atoms with E-state index in [9.17, 15) is 9.59 Å². The highest BCUT2D eigenvalue weighted by atomic mass is 32.2. The molecule has 18 heavy (non-hydrogen) atoms. The third-order valence-corrected chi connectivity index (χ3v) is 3.44. The van der Waals surface area contributed by atoms with Gasteiger partial charge in [-0.2, -0.15) is 0 Å². The number of nitrogens with zero attached hydrogens (tertiary/aromatic N) is 1. The van der Waals surface area contributed by atoms with Crippen molar-refractivity contribution in [3.8, 4) is 5.75 Å². The van der Waals surface area contributed by atoms with Crippen LogP contribution in [0.25, 0.3) is 6.08 Å². The van der Waals surface area contributed by atoms with E-state index in [-0.39, 0.29) is 11.1 Å². The molecule has 2 rings (SSSR count). The third-order valence-electron chi connectivity index (χ3n) is 2.48. The minimum Gasteiger partial charge on any atom is -0.494 e. The number of hydrogen-bond acceptors (Lipinski definition) is 4. The molecule has 0 radical (unpaired) electrons. The zero-order valence-electron chi connectivity index (χ0n) is 10.2. The van der Waals surface area contributed by atoms with E-state index < -0.39 is 0 Å². The van der Waals surface area contributed by atoms with Crippen molar-refractivity contribution in [2.24, 2.45) is 0 Å². The number of ether oxygens (including phenoxy) is 1. The first-order chi connectivity index (χ1) is 8.61. The molecule has 1 aliphatic heterocycles. The van der Waals surface area contributed by atoms with Crippen LogP contribution in [0.3, 0.4) is 0 Å². The van der Waals surface area contributed by atoms with Crippen molar-refractivity contribution in [1.29, 1.82) is 0 Å². The summed E-state index contributed by atoms with van der Waals surface area (Å²) in [5.74, 6) is 0.539. The van der Waals surface area contributed by atoms with Crippen molar-refractivity contribution in [1.82, 2.24) is 4.90 Å². The van der Waals surface area contributed by atoms with Crippen molar-refractivity contribution in [3.05, 3.63) is 34.7 Å². The summed E-state index contributed by atoms with van der Waals surface area (Å²) in [6.07, 6.45) is 1.71. The number of rotatable bonds is 3. The van der Waals surface area contributed by atoms with E-state index in [1.165, 1.54) is 7.05 Å². The highest BCUT2D eigenvalue weighted by Crippen LogP contribution is 2.31. The van der Waals surface area contributed by atoms with Gasteiger partial charge in [0.15, 0.2) is 0 Å². The molecule has 1 aromatic carbocycles. The summed E-state index contributed by atoms with van der Waals surface area (Å²) in [5, 5.41) is -0.239. The zero-order valence-corrected chi connectivity index (χ0v) is 11.0. The van der Waals surface area contributed by atoms with Gasteiger partial charge in [-0.15, -0.1) is 0 Å². The monoisotopic (exact) mass is 263 g/mol. The number of thioether (sulfide) groups is 1. The molecule has 1 heterocycles. The Morgan fingerprint density at radius 2 is 1.94 bits per heavy atom. The highest BCUT2D eigenvalue weighted by Gasteiger charge is 2.31. The molecule has 5 heteroatoms. The molecule has 0 aromatic heterocycles. The first-order valence-corrected chi connectivity index (χ1v) is 6.38. The molecule has 1 saturated heterocycles. The topological polar surface area (TPSA) is 46.6 Å². The number of benzene rings is 1. The van der Waals surface area contributed by atoms with Gasteiger partial charge in [0.2, 0.25) is 0 Å². The van der Waals surface area contributed by atoms with Crippen LogP contribution < -0.4 is 4.74 Å². The molecule has 0 N–H and O–H groups in total. The fourth-order valence-electron chi connectivity index (χ4n) is 1.52. The maximum Gasteiger partial charge on any atom is 0.293 e. The van der Waals surface area contributed by atoms with Crippen LogP contribution in [0, 0.1) is 0 Å². The molecule has 0 unspecified atom stereocenters. The first-order valence-electron chi connectivity index (χ1n) is 5.56. The van der Waals surface area contributed by atoms with Gasteiger partial charge in [-0.1, -0.05) is 12.1 Å². The lowest BCUT2D eigenvalue weighted by Gasteiger charge is -2.03. The normalized spacial score (nSPS) is 17.7. The van der Waals surface area contributed by atoms with Crippen LogP contribution in [-0.4, -0.2) is 29.7 Å². The lowest BCUT2D eigenvalue weighted by atomic mass is 10.2. The zero-order chi connectivity index (χ0) is 13.1. The van der Waals surface area contributed by atoms with Crippen LogP contribution in [0.2, 0.25) is 0 Å². The number of imide groups is 1. The molecular formula is C13H13NO3S. The predicted octanol–water partition coefficient (Wildman–Crippen LogP) is 2.75. The van der Waals surface area contributed by atoms with Crippen molar-refractivity contribution >= 4 is 29.0 Å². The average Bonchev–Trinajstić information content (AvgIpc) is 2.60. The molecule has 1 fully saturated rings. The Kier molecular flexibility index (Phi) is 3.72. The number of likely N-dealkylation sites (N-methyl/N-ethyl adjacent to an activating group) is 1. The SMILES string of the molecule is CCOc1ccc(/C=C2/SC(=O)N(C)C2=O)cc1. The summed E-state index contributed by atoms with van der Waals surface area (Å²) in [7, 11) is 1.48. The third kappa shape index (κ3) is 2.56. The second-order valence-corrected chi connectivity index (χ2v) is 4.74. The van der Waals surface area contributed by atoms with E-state index in [1.807, 2.05) is 31.2 Å². The quantitative estimate of drug-likeness (QED) is 0.787. The number of carbonyl (C=O) groups is 2. The summed E-state index contributed by atoms with van der Waals surface area (Å²) in [6.45, 7) is 2.54. The van der Waals surface area contributed by atoms with Gasteiger partial charge in [0, 0.05) is 7.05 Å². The molecule has 0 aliphatic carbocycles. The smallest absolute Gasteiger partial charge is 0.293 e. The van der Waals surface area contributed by atoms with Gasteiger partial charge in [0.1, 0.15) is 5.75 Å². The van der Waals surface area contributed by atoms with E-state index in [2.05, 4.69) is 0 Å². The van der Waals surface area contributed by atoms with Crippen LogP contribution in [0.15, 0.2) is 29.2 Å². The van der Waals surface area contributed by atoms with Gasteiger partial charge >= 0.3 is 0 Å². The molecule has 0 atom stereocenters. The van der Waals surface area contributed by atoms with Gasteiger partial charge in [0.25, 0.3) is 11.1 Å². The van der Waals surface area contributed by atoms with Crippen molar-refractivity contribution < 1.29 is 14.3 Å². The summed E-state index contributed by atoms with van der Waals surface area (Å²) < 4.78 is 5.33. The molecule has 4 nitrogen and oxygen atoms in total. The first kappa shape index (κ1) is 12.7. The fraction of sp³-hybridized carbons (Fsp3) is 0.231. The molecule has 0 bridgehead atoms. The van der Waals surface area contributed by atoms with Crippen LogP contribution in [0.5, 0.6) is 5.75 Å². The summed E-state index contributed by atoms with van der Waals surface area (Å²) in [4.78, 5) is 24.6. The minimum atomic E-state index is -0.251. The maximum absolute atomic E-state index is 11.7. The van der Waals surface area contributed by atoms with Crippen LogP contribution in [0.4, 0.5) is 4.79 Å². The van der Waals surface area contributed by atoms with Crippen molar-refractivity contribution in [3.63, 3.8) is 0 Å². The van der Waals surface area contributed by atoms with E-state index >= 15 is 0 Å². The molecule has 1 aliphatic rings. The van der Waals surface area contributed by atoms with E-state index in [4.69, 9.17) is 4.74 Å². The second kappa shape index (κ2) is 5.27. The second-order valence-electron chi connectivity index (χ2n) is 3.74. The summed E-state index contributed by atoms with van der Waals surface area (Å²) >= 11 is 0.958. The Balaban J connectivity index is 2.18. The Hall–Kier alpha value is -1.75. The lowest BCUT2D eigenvalue weighted by molar-refractivity contribution is -0.121. The molecule has 1 aromatic rings. The van der Waals surface area contributed by atoms with Crippen LogP contribution in [-0.2, 0) is 4.79 Å². The lowest BCUT2D eigenvalue weighted by Crippen LogP contribution is -2.22. The van der Waals surface area contributed by atoms with E-state index in [0.717, 1.165) is 28.0 Å². The Morgan fingerprint density at radius 1 is 1.28 bits per heavy atom. The van der Waals surface area contributed by atoms with Gasteiger partial charge in [0.05, 0.1) is 11.5 Å². The highest BCUT2D eigenvalue weighted by molar-refractivity contribution is 8.18. The average molecular weight is 263 g/mol. The van der Waals surface area contributed by atoms with Crippen LogP contribution in [0.1, 0.15) is 12.5 Å². The minimum absolute atomic E-state index is 0.239. The van der Waals surface area contributed by atoms with E-state index in [0.29, 0.717) is 11.5 Å². The van der Waals surface area contributed by atoms with Gasteiger partial charge in [-0.3, -0.25) is 14.5 Å². The molecule has 94 valence electrons. The van der Waals surface area contributed by atoms with Crippen molar-refractivity contribution in [2.75, 3.05) is 13.7 Å². The Labute approximate surface area is 110 Å². The maximum atomic E-state index is 11.7. The van der Waals surface area contributed by atoms with Crippen LogP contribution >= 0.6 is 11.8 Å². The molecule has 2 amide bonds. The van der Waals surface area contributed by atoms with Gasteiger partial charge in [-0.25, -0.2) is 0 Å².